The van der Waals surface area contributed by atoms with Crippen molar-refractivity contribution in [1.29, 1.82) is 5.26 Å². The van der Waals surface area contributed by atoms with E-state index >= 15 is 0 Å². The maximum Gasteiger partial charge on any atom is 0.0635 e. The summed E-state index contributed by atoms with van der Waals surface area (Å²) in [5.41, 5.74) is 3.16. The van der Waals surface area contributed by atoms with Gasteiger partial charge in [-0.25, -0.2) is 0 Å². The Hall–Kier alpha value is -1.37. The monoisotopic (exact) mass is 296 g/mol. The van der Waals surface area contributed by atoms with Crippen molar-refractivity contribution in [2.75, 3.05) is 13.1 Å². The van der Waals surface area contributed by atoms with Gasteiger partial charge in [0, 0.05) is 24.4 Å². The Labute approximate surface area is 132 Å². The van der Waals surface area contributed by atoms with E-state index in [1.165, 1.54) is 11.1 Å². The quantitative estimate of drug-likeness (QED) is 0.912. The van der Waals surface area contributed by atoms with Crippen molar-refractivity contribution in [3.63, 3.8) is 0 Å². The molecule has 4 rings (SSSR count). The van der Waals surface area contributed by atoms with Crippen LogP contribution in [0.15, 0.2) is 24.3 Å². The fourth-order valence-corrected chi connectivity index (χ4v) is 5.53. The molecule has 0 amide bonds. The number of nitrogens with zero attached hydrogens (tertiary/aromatic N) is 2. The highest BCUT2D eigenvalue weighted by atomic mass is 16.3. The number of piperidine rings is 1. The Kier molecular flexibility index (Phi) is 3.47. The van der Waals surface area contributed by atoms with Gasteiger partial charge in [-0.1, -0.05) is 24.3 Å². The third-order valence-corrected chi connectivity index (χ3v) is 6.39. The first-order chi connectivity index (χ1) is 10.7. The summed E-state index contributed by atoms with van der Waals surface area (Å²) in [5.74, 6) is 0.651. The predicted molar refractivity (Wildman–Crippen MR) is 85.4 cm³/mol. The minimum absolute atomic E-state index is 0.145. The fraction of sp³-hybridized carbons (Fsp3) is 0.632. The van der Waals surface area contributed by atoms with Crippen LogP contribution in [-0.2, 0) is 11.8 Å². The molecule has 1 aromatic rings. The van der Waals surface area contributed by atoms with E-state index in [1.807, 2.05) is 0 Å². The SMILES string of the molecule is N#CCCN1CC[C@]23CC(O)CC[C@H]2[C@H]1Cc1ccccc13. The predicted octanol–water partition coefficient (Wildman–Crippen LogP) is 2.63. The standard InChI is InChI=1S/C19H24N2O/c20-9-3-10-21-11-8-19-13-15(22)6-7-17(19)18(21)12-14-4-1-2-5-16(14)19/h1-2,4-5,15,17-18,22H,3,6-8,10-13H2/t15?,17-,18+,19+/m0/s1. The van der Waals surface area contributed by atoms with Gasteiger partial charge in [0.2, 0.25) is 0 Å². The van der Waals surface area contributed by atoms with Crippen LogP contribution in [0, 0.1) is 17.2 Å². The number of rotatable bonds is 2. The Morgan fingerprint density at radius 2 is 2.18 bits per heavy atom. The lowest BCUT2D eigenvalue weighted by Gasteiger charge is -2.59. The van der Waals surface area contributed by atoms with Gasteiger partial charge in [-0.3, -0.25) is 4.90 Å². The molecule has 2 fully saturated rings. The Morgan fingerprint density at radius 3 is 3.05 bits per heavy atom. The van der Waals surface area contributed by atoms with Crippen molar-refractivity contribution in [3.8, 4) is 6.07 Å². The van der Waals surface area contributed by atoms with E-state index in [0.29, 0.717) is 18.4 Å². The second-order valence-electron chi connectivity index (χ2n) is 7.32. The first kappa shape index (κ1) is 14.2. The average molecular weight is 296 g/mol. The molecule has 3 nitrogen and oxygen atoms in total. The zero-order valence-electron chi connectivity index (χ0n) is 13.0. The van der Waals surface area contributed by atoms with E-state index < -0.39 is 0 Å². The second kappa shape index (κ2) is 5.37. The van der Waals surface area contributed by atoms with E-state index in [9.17, 15) is 5.11 Å². The van der Waals surface area contributed by atoms with Crippen LogP contribution in [0.2, 0.25) is 0 Å². The molecule has 2 bridgehead atoms. The summed E-state index contributed by atoms with van der Waals surface area (Å²) >= 11 is 0. The van der Waals surface area contributed by atoms with Gasteiger partial charge in [0.15, 0.2) is 0 Å². The maximum atomic E-state index is 10.3. The van der Waals surface area contributed by atoms with Crippen LogP contribution in [0.3, 0.4) is 0 Å². The number of likely N-dealkylation sites (tertiary alicyclic amines) is 1. The first-order valence-electron chi connectivity index (χ1n) is 8.62. The molecule has 1 unspecified atom stereocenters. The first-order valence-corrected chi connectivity index (χ1v) is 8.62. The molecule has 22 heavy (non-hydrogen) atoms. The number of hydrogen-bond donors (Lipinski definition) is 1. The maximum absolute atomic E-state index is 10.3. The third kappa shape index (κ3) is 2.01. The lowest BCUT2D eigenvalue weighted by molar-refractivity contribution is -0.0473. The molecule has 1 aliphatic heterocycles. The number of aliphatic hydroxyl groups excluding tert-OH is 1. The molecule has 1 aromatic carbocycles. The van der Waals surface area contributed by atoms with Gasteiger partial charge in [0.1, 0.15) is 0 Å². The van der Waals surface area contributed by atoms with Crippen LogP contribution in [-0.4, -0.2) is 35.2 Å². The summed E-state index contributed by atoms with van der Waals surface area (Å²) in [6, 6.07) is 11.7. The van der Waals surface area contributed by atoms with Crippen LogP contribution in [0.5, 0.6) is 0 Å². The van der Waals surface area contributed by atoms with Gasteiger partial charge >= 0.3 is 0 Å². The molecule has 3 heteroatoms. The van der Waals surface area contributed by atoms with Gasteiger partial charge in [0.25, 0.3) is 0 Å². The van der Waals surface area contributed by atoms with E-state index in [4.69, 9.17) is 5.26 Å². The molecule has 3 aliphatic rings. The molecule has 116 valence electrons. The summed E-state index contributed by atoms with van der Waals surface area (Å²) in [5, 5.41) is 19.3. The molecule has 0 spiro atoms. The molecule has 1 heterocycles. The molecule has 1 saturated carbocycles. The highest BCUT2D eigenvalue weighted by Crippen LogP contribution is 2.55. The topological polar surface area (TPSA) is 47.3 Å². The van der Waals surface area contributed by atoms with Crippen molar-refractivity contribution in [2.24, 2.45) is 5.92 Å². The van der Waals surface area contributed by atoms with Gasteiger partial charge in [0.05, 0.1) is 12.2 Å². The van der Waals surface area contributed by atoms with Gasteiger partial charge in [-0.05, 0) is 55.7 Å². The van der Waals surface area contributed by atoms with Crippen molar-refractivity contribution in [3.05, 3.63) is 35.4 Å². The van der Waals surface area contributed by atoms with E-state index in [-0.39, 0.29) is 11.5 Å². The number of benzene rings is 1. The fourth-order valence-electron chi connectivity index (χ4n) is 5.53. The summed E-state index contributed by atoms with van der Waals surface area (Å²) in [6.07, 6.45) is 5.73. The van der Waals surface area contributed by atoms with Gasteiger partial charge in [-0.15, -0.1) is 0 Å². The van der Waals surface area contributed by atoms with Crippen LogP contribution in [0.25, 0.3) is 0 Å². The molecule has 4 atom stereocenters. The normalized spacial score (nSPS) is 37.0. The lowest BCUT2D eigenvalue weighted by Crippen LogP contribution is -2.62. The summed E-state index contributed by atoms with van der Waals surface area (Å²) in [7, 11) is 0. The second-order valence-corrected chi connectivity index (χ2v) is 7.32. The Balaban J connectivity index is 1.76. The lowest BCUT2D eigenvalue weighted by atomic mass is 9.52. The smallest absolute Gasteiger partial charge is 0.0635 e. The average Bonchev–Trinajstić information content (AvgIpc) is 2.53. The highest BCUT2D eigenvalue weighted by Gasteiger charge is 2.54. The molecular formula is C19H24N2O. The third-order valence-electron chi connectivity index (χ3n) is 6.39. The molecule has 0 radical (unpaired) electrons. The molecular weight excluding hydrogens is 272 g/mol. The van der Waals surface area contributed by atoms with E-state index in [2.05, 4.69) is 35.2 Å². The van der Waals surface area contributed by atoms with Gasteiger partial charge in [-0.2, -0.15) is 5.26 Å². The highest BCUT2D eigenvalue weighted by molar-refractivity contribution is 5.41. The minimum Gasteiger partial charge on any atom is -0.393 e. The summed E-state index contributed by atoms with van der Waals surface area (Å²) in [6.45, 7) is 1.97. The largest absolute Gasteiger partial charge is 0.393 e. The molecule has 0 aromatic heterocycles. The molecule has 1 N–H and O–H groups in total. The van der Waals surface area contributed by atoms with Crippen molar-refractivity contribution >= 4 is 0 Å². The molecule has 2 aliphatic carbocycles. The number of fused-ring (bicyclic) bond motifs is 1. The van der Waals surface area contributed by atoms with Crippen LogP contribution >= 0.6 is 0 Å². The molecule has 1 saturated heterocycles. The number of nitriles is 1. The van der Waals surface area contributed by atoms with Crippen molar-refractivity contribution < 1.29 is 5.11 Å². The Morgan fingerprint density at radius 1 is 1.32 bits per heavy atom. The zero-order chi connectivity index (χ0) is 15.2. The van der Waals surface area contributed by atoms with Crippen LogP contribution in [0.1, 0.15) is 43.2 Å². The van der Waals surface area contributed by atoms with Gasteiger partial charge < -0.3 is 5.11 Å². The zero-order valence-corrected chi connectivity index (χ0v) is 13.0. The number of aliphatic hydroxyl groups is 1. The van der Waals surface area contributed by atoms with E-state index in [1.54, 1.807) is 0 Å². The Bertz CT molecular complexity index is 608. The number of hydrogen-bond acceptors (Lipinski definition) is 3. The minimum atomic E-state index is -0.145. The van der Waals surface area contributed by atoms with Crippen molar-refractivity contribution in [2.45, 2.75) is 56.1 Å². The van der Waals surface area contributed by atoms with Crippen LogP contribution < -0.4 is 0 Å². The van der Waals surface area contributed by atoms with Crippen molar-refractivity contribution in [1.82, 2.24) is 4.90 Å². The van der Waals surface area contributed by atoms with Crippen LogP contribution in [0.4, 0.5) is 0 Å². The summed E-state index contributed by atoms with van der Waals surface area (Å²) in [4.78, 5) is 2.56. The summed E-state index contributed by atoms with van der Waals surface area (Å²) < 4.78 is 0. The van der Waals surface area contributed by atoms with E-state index in [0.717, 1.165) is 45.2 Å².